The maximum Gasteiger partial charge on any atom is 0.334 e. The first kappa shape index (κ1) is 22.6. The zero-order valence-electron chi connectivity index (χ0n) is 18.8. The van der Waals surface area contributed by atoms with Gasteiger partial charge in [0.05, 0.1) is 6.61 Å². The minimum atomic E-state index is -0.607. The second-order valence-corrected chi connectivity index (χ2v) is 9.73. The molecule has 1 heterocycles. The zero-order valence-corrected chi connectivity index (χ0v) is 18.8. The highest BCUT2D eigenvalue weighted by Gasteiger charge is 2.55. The summed E-state index contributed by atoms with van der Waals surface area (Å²) < 4.78 is 15.9. The molecule has 0 aromatic rings. The Labute approximate surface area is 179 Å². The van der Waals surface area contributed by atoms with Crippen LogP contribution in [0.25, 0.3) is 0 Å². The van der Waals surface area contributed by atoms with E-state index in [1.165, 1.54) is 19.4 Å². The van der Waals surface area contributed by atoms with Crippen LogP contribution in [0, 0.1) is 22.7 Å². The molecule has 1 aliphatic heterocycles. The Bertz CT molecular complexity index is 777. The molecule has 0 spiro atoms. The molecule has 0 bridgehead atoms. The fraction of sp³-hybridized carbons (Fsp3) is 0.708. The third-order valence-corrected chi connectivity index (χ3v) is 7.40. The maximum atomic E-state index is 12.9. The lowest BCUT2D eigenvalue weighted by Gasteiger charge is -2.58. The largest absolute Gasteiger partial charge is 0.463 e. The minimum absolute atomic E-state index is 0.00000626. The van der Waals surface area contributed by atoms with Gasteiger partial charge in [-0.25, -0.2) is 9.59 Å². The highest BCUT2D eigenvalue weighted by molar-refractivity contribution is 5.91. The van der Waals surface area contributed by atoms with Crippen LogP contribution in [0.1, 0.15) is 66.7 Å². The number of rotatable bonds is 5. The van der Waals surface area contributed by atoms with Crippen LogP contribution < -0.4 is 0 Å². The summed E-state index contributed by atoms with van der Waals surface area (Å²) in [6, 6.07) is 0. The molecule has 3 rings (SSSR count). The van der Waals surface area contributed by atoms with Gasteiger partial charge in [-0.1, -0.05) is 33.3 Å². The van der Waals surface area contributed by atoms with Crippen molar-refractivity contribution in [1.29, 1.82) is 0 Å². The van der Waals surface area contributed by atoms with E-state index in [4.69, 9.17) is 14.2 Å². The van der Waals surface area contributed by atoms with Crippen LogP contribution in [0.15, 0.2) is 23.3 Å². The number of carbonyl (C=O) groups excluding carboxylic acids is 3. The number of ether oxygens (including phenoxy) is 3. The van der Waals surface area contributed by atoms with Crippen LogP contribution in [-0.4, -0.2) is 37.2 Å². The molecule has 4 atom stereocenters. The lowest BCUT2D eigenvalue weighted by atomic mass is 9.47. The van der Waals surface area contributed by atoms with Crippen molar-refractivity contribution in [3.8, 4) is 0 Å². The van der Waals surface area contributed by atoms with Crippen molar-refractivity contribution in [2.45, 2.75) is 72.8 Å². The van der Waals surface area contributed by atoms with E-state index in [1.807, 2.05) is 0 Å². The predicted octanol–water partition coefficient (Wildman–Crippen LogP) is 4.13. The van der Waals surface area contributed by atoms with Gasteiger partial charge in [-0.3, -0.25) is 4.79 Å². The summed E-state index contributed by atoms with van der Waals surface area (Å²) in [6.45, 7) is 10.2. The van der Waals surface area contributed by atoms with Gasteiger partial charge in [0.25, 0.3) is 0 Å². The molecule has 3 aliphatic rings. The maximum absolute atomic E-state index is 12.9. The van der Waals surface area contributed by atoms with Crippen molar-refractivity contribution < 1.29 is 28.6 Å². The second kappa shape index (κ2) is 8.56. The molecule has 1 saturated heterocycles. The molecule has 166 valence electrons. The first-order chi connectivity index (χ1) is 14.1. The van der Waals surface area contributed by atoms with Crippen molar-refractivity contribution in [3.63, 3.8) is 0 Å². The molecular formula is C24H34O6. The molecule has 0 aromatic carbocycles. The highest BCUT2D eigenvalue weighted by Crippen LogP contribution is 2.61. The van der Waals surface area contributed by atoms with Crippen LogP contribution in [0.4, 0.5) is 0 Å². The topological polar surface area (TPSA) is 78.9 Å². The molecule has 0 amide bonds. The number of fused-ring (bicyclic) bond motifs is 3. The van der Waals surface area contributed by atoms with Crippen molar-refractivity contribution >= 4 is 17.9 Å². The normalized spacial score (nSPS) is 32.8. The Morgan fingerprint density at radius 3 is 2.63 bits per heavy atom. The van der Waals surface area contributed by atoms with E-state index in [2.05, 4.69) is 26.8 Å². The molecule has 30 heavy (non-hydrogen) atoms. The predicted molar refractivity (Wildman–Crippen MR) is 111 cm³/mol. The molecular weight excluding hydrogens is 384 g/mol. The van der Waals surface area contributed by atoms with E-state index >= 15 is 0 Å². The second-order valence-electron chi connectivity index (χ2n) is 9.73. The first-order valence-electron chi connectivity index (χ1n) is 11.0. The van der Waals surface area contributed by atoms with E-state index in [0.29, 0.717) is 17.9 Å². The van der Waals surface area contributed by atoms with Crippen LogP contribution in [0.3, 0.4) is 0 Å². The van der Waals surface area contributed by atoms with Gasteiger partial charge in [-0.05, 0) is 49.4 Å². The quantitative estimate of drug-likeness (QED) is 0.379. The Hall–Kier alpha value is -2.11. The fourth-order valence-electron chi connectivity index (χ4n) is 5.97. The summed E-state index contributed by atoms with van der Waals surface area (Å²) in [5.41, 5.74) is 1.45. The molecule has 2 fully saturated rings. The van der Waals surface area contributed by atoms with Gasteiger partial charge in [-0.15, -0.1) is 0 Å². The number of hydrogen-bond acceptors (Lipinski definition) is 6. The molecule has 6 nitrogen and oxygen atoms in total. The Balaban J connectivity index is 1.92. The number of esters is 3. The summed E-state index contributed by atoms with van der Waals surface area (Å²) in [4.78, 5) is 36.4. The summed E-state index contributed by atoms with van der Waals surface area (Å²) in [5, 5.41) is 0. The molecule has 6 heteroatoms. The van der Waals surface area contributed by atoms with Gasteiger partial charge >= 0.3 is 17.9 Å². The average molecular weight is 419 g/mol. The lowest BCUT2D eigenvalue weighted by Crippen LogP contribution is -2.52. The summed E-state index contributed by atoms with van der Waals surface area (Å²) in [5.74, 6) is -0.748. The van der Waals surface area contributed by atoms with Crippen molar-refractivity contribution in [3.05, 3.63) is 23.3 Å². The van der Waals surface area contributed by atoms with Crippen molar-refractivity contribution in [2.75, 3.05) is 13.2 Å². The highest BCUT2D eigenvalue weighted by atomic mass is 16.6. The number of carbonyl (C=O) groups is 3. The minimum Gasteiger partial charge on any atom is -0.463 e. The summed E-state index contributed by atoms with van der Waals surface area (Å²) >= 11 is 0. The van der Waals surface area contributed by atoms with Gasteiger partial charge in [0.1, 0.15) is 12.7 Å². The number of allylic oxidation sites excluding steroid dienone is 1. The average Bonchev–Trinajstić information content (AvgIpc) is 2.65. The molecule has 0 unspecified atom stereocenters. The molecule has 0 N–H and O–H groups in total. The summed E-state index contributed by atoms with van der Waals surface area (Å²) in [7, 11) is 0. The smallest absolute Gasteiger partial charge is 0.334 e. The van der Waals surface area contributed by atoms with Gasteiger partial charge in [0.2, 0.25) is 0 Å². The number of cyclic esters (lactones) is 1. The van der Waals surface area contributed by atoms with E-state index in [9.17, 15) is 14.4 Å². The molecule has 0 aromatic heterocycles. The Kier molecular flexibility index (Phi) is 6.44. The zero-order chi connectivity index (χ0) is 22.1. The molecule has 2 aliphatic carbocycles. The van der Waals surface area contributed by atoms with Gasteiger partial charge < -0.3 is 14.2 Å². The summed E-state index contributed by atoms with van der Waals surface area (Å²) in [6.07, 6.45) is 7.67. The standard InChI is InChI=1S/C24H34O6/c1-6-28-21(26)12-16(14-29-15(2)25)19-13-18-17(22(27)30-19)8-9-20-23(3,4)10-7-11-24(18,20)5/h8,12,18-20H,6-7,9-11,13-14H2,1-5H3/b16-12+/t18-,19+,20-,24+/m0/s1. The lowest BCUT2D eigenvalue weighted by molar-refractivity contribution is -0.155. The monoisotopic (exact) mass is 418 g/mol. The van der Waals surface area contributed by atoms with E-state index in [0.717, 1.165) is 24.8 Å². The number of hydrogen-bond donors (Lipinski definition) is 0. The van der Waals surface area contributed by atoms with Crippen molar-refractivity contribution in [1.82, 2.24) is 0 Å². The van der Waals surface area contributed by atoms with Gasteiger partial charge in [-0.2, -0.15) is 0 Å². The fourth-order valence-corrected chi connectivity index (χ4v) is 5.97. The van der Waals surface area contributed by atoms with Crippen LogP contribution >= 0.6 is 0 Å². The van der Waals surface area contributed by atoms with E-state index < -0.39 is 18.0 Å². The van der Waals surface area contributed by atoms with E-state index in [1.54, 1.807) is 6.92 Å². The van der Waals surface area contributed by atoms with Crippen molar-refractivity contribution in [2.24, 2.45) is 22.7 Å². The third-order valence-electron chi connectivity index (χ3n) is 7.40. The van der Waals surface area contributed by atoms with Gasteiger partial charge in [0, 0.05) is 30.1 Å². The van der Waals surface area contributed by atoms with E-state index in [-0.39, 0.29) is 35.9 Å². The Morgan fingerprint density at radius 2 is 1.97 bits per heavy atom. The SMILES string of the molecule is CCOC(=O)/C=C(\COC(C)=O)[C@H]1C[C@H]2C(=CC[C@H]3C(C)(C)CCC[C@]23C)C(=O)O1. The van der Waals surface area contributed by atoms with Crippen LogP contribution in [-0.2, 0) is 28.6 Å². The van der Waals surface area contributed by atoms with Crippen LogP contribution in [0.5, 0.6) is 0 Å². The molecule has 1 saturated carbocycles. The first-order valence-corrected chi connectivity index (χ1v) is 11.0. The molecule has 0 radical (unpaired) electrons. The Morgan fingerprint density at radius 1 is 1.23 bits per heavy atom. The van der Waals surface area contributed by atoms with Crippen LogP contribution in [0.2, 0.25) is 0 Å². The van der Waals surface area contributed by atoms with Gasteiger partial charge in [0.15, 0.2) is 0 Å². The third kappa shape index (κ3) is 4.33.